The summed E-state index contributed by atoms with van der Waals surface area (Å²) in [5.74, 6) is 0.422. The van der Waals surface area contributed by atoms with Gasteiger partial charge in [-0.2, -0.15) is 0 Å². The van der Waals surface area contributed by atoms with Gasteiger partial charge in [0.15, 0.2) is 0 Å². The van der Waals surface area contributed by atoms with E-state index in [-0.39, 0.29) is 12.1 Å². The van der Waals surface area contributed by atoms with Crippen molar-refractivity contribution in [3.8, 4) is 0 Å². The highest BCUT2D eigenvalue weighted by atomic mass is 16.3. The Hall–Kier alpha value is -0.810. The average Bonchev–Trinajstić information content (AvgIpc) is 3.22. The van der Waals surface area contributed by atoms with Crippen molar-refractivity contribution in [3.05, 3.63) is 0 Å². The number of rotatable bonds is 4. The number of amides is 2. The van der Waals surface area contributed by atoms with Gasteiger partial charge in [0.05, 0.1) is 6.10 Å². The second kappa shape index (κ2) is 5.90. The molecule has 0 radical (unpaired) electrons. The van der Waals surface area contributed by atoms with E-state index in [1.54, 1.807) is 11.9 Å². The summed E-state index contributed by atoms with van der Waals surface area (Å²) in [6.07, 6.45) is 6.72. The van der Waals surface area contributed by atoms with Gasteiger partial charge < -0.3 is 15.3 Å². The van der Waals surface area contributed by atoms with E-state index in [2.05, 4.69) is 10.2 Å². The van der Waals surface area contributed by atoms with Crippen molar-refractivity contribution in [2.45, 2.75) is 56.7 Å². The molecule has 114 valence electrons. The van der Waals surface area contributed by atoms with Crippen molar-refractivity contribution >= 4 is 6.03 Å². The first-order valence-corrected chi connectivity index (χ1v) is 8.09. The number of urea groups is 1. The number of piperidine rings is 1. The summed E-state index contributed by atoms with van der Waals surface area (Å²) in [5, 5.41) is 13.1. The fraction of sp³-hybridized carbons (Fsp3) is 0.933. The Morgan fingerprint density at radius 1 is 1.30 bits per heavy atom. The lowest BCUT2D eigenvalue weighted by Gasteiger charge is -2.33. The summed E-state index contributed by atoms with van der Waals surface area (Å²) in [7, 11) is 1.79. The molecular formula is C15H27N3O2. The van der Waals surface area contributed by atoms with E-state index in [9.17, 15) is 9.90 Å². The minimum atomic E-state index is -0.347. The van der Waals surface area contributed by atoms with Crippen LogP contribution in [-0.4, -0.2) is 65.8 Å². The van der Waals surface area contributed by atoms with Crippen LogP contribution in [0, 0.1) is 5.92 Å². The number of aliphatic hydroxyl groups is 1. The summed E-state index contributed by atoms with van der Waals surface area (Å²) in [4.78, 5) is 16.4. The largest absolute Gasteiger partial charge is 0.391 e. The second-order valence-electron chi connectivity index (χ2n) is 6.73. The number of fused-ring (bicyclic) bond motifs is 1. The Labute approximate surface area is 121 Å². The fourth-order valence-electron chi connectivity index (χ4n) is 3.68. The second-order valence-corrected chi connectivity index (χ2v) is 6.73. The average molecular weight is 281 g/mol. The highest BCUT2D eigenvalue weighted by Crippen LogP contribution is 2.32. The van der Waals surface area contributed by atoms with Crippen LogP contribution in [0.25, 0.3) is 0 Å². The Kier molecular flexibility index (Phi) is 4.17. The van der Waals surface area contributed by atoms with E-state index in [0.29, 0.717) is 24.5 Å². The van der Waals surface area contributed by atoms with Crippen LogP contribution in [0.2, 0.25) is 0 Å². The lowest BCUT2D eigenvalue weighted by Crippen LogP contribution is -2.51. The molecule has 2 aliphatic heterocycles. The van der Waals surface area contributed by atoms with Crippen LogP contribution in [0.3, 0.4) is 0 Å². The molecule has 3 rings (SSSR count). The molecule has 3 atom stereocenters. The Morgan fingerprint density at radius 3 is 2.85 bits per heavy atom. The number of nitrogens with one attached hydrogen (secondary N) is 1. The highest BCUT2D eigenvalue weighted by molar-refractivity contribution is 5.74. The third kappa shape index (κ3) is 3.09. The van der Waals surface area contributed by atoms with Gasteiger partial charge in [0, 0.05) is 32.2 Å². The van der Waals surface area contributed by atoms with E-state index in [0.717, 1.165) is 25.8 Å². The molecule has 2 heterocycles. The zero-order valence-corrected chi connectivity index (χ0v) is 12.4. The molecule has 1 saturated carbocycles. The molecule has 3 unspecified atom stereocenters. The zero-order valence-electron chi connectivity index (χ0n) is 12.4. The van der Waals surface area contributed by atoms with Gasteiger partial charge in [-0.05, 0) is 44.6 Å². The molecule has 5 heteroatoms. The third-order valence-corrected chi connectivity index (χ3v) is 5.14. The quantitative estimate of drug-likeness (QED) is 0.809. The van der Waals surface area contributed by atoms with Crippen LogP contribution in [0.4, 0.5) is 4.79 Å². The van der Waals surface area contributed by atoms with Crippen molar-refractivity contribution < 1.29 is 9.90 Å². The Morgan fingerprint density at radius 2 is 2.10 bits per heavy atom. The summed E-state index contributed by atoms with van der Waals surface area (Å²) < 4.78 is 0. The van der Waals surface area contributed by atoms with Crippen molar-refractivity contribution in [3.63, 3.8) is 0 Å². The van der Waals surface area contributed by atoms with Crippen LogP contribution in [0.5, 0.6) is 0 Å². The van der Waals surface area contributed by atoms with Gasteiger partial charge >= 0.3 is 6.03 Å². The fourth-order valence-corrected chi connectivity index (χ4v) is 3.68. The summed E-state index contributed by atoms with van der Waals surface area (Å²) in [6.45, 7) is 2.76. The van der Waals surface area contributed by atoms with Gasteiger partial charge in [0.25, 0.3) is 0 Å². The third-order valence-electron chi connectivity index (χ3n) is 5.14. The molecule has 0 aromatic rings. The standard InChI is InChI=1S/C15H27N3O2/c1-17(10-14(19)11-5-6-11)15(20)16-12-7-9-18-8-3-2-4-13(12)18/h11-14,19H,2-10H2,1H3,(H,16,20). The van der Waals surface area contributed by atoms with E-state index < -0.39 is 0 Å². The molecule has 20 heavy (non-hydrogen) atoms. The van der Waals surface area contributed by atoms with Crippen molar-refractivity contribution in [2.75, 3.05) is 26.7 Å². The normalized spacial score (nSPS) is 31.7. The van der Waals surface area contributed by atoms with Crippen LogP contribution in [0.15, 0.2) is 0 Å². The van der Waals surface area contributed by atoms with Gasteiger partial charge in [-0.25, -0.2) is 4.79 Å². The van der Waals surface area contributed by atoms with Crippen LogP contribution < -0.4 is 5.32 Å². The lowest BCUT2D eigenvalue weighted by molar-refractivity contribution is 0.111. The van der Waals surface area contributed by atoms with Crippen molar-refractivity contribution in [1.29, 1.82) is 0 Å². The Bertz CT molecular complexity index is 359. The summed E-state index contributed by atoms with van der Waals surface area (Å²) in [6, 6.07) is 0.805. The number of nitrogens with zero attached hydrogens (tertiary/aromatic N) is 2. The van der Waals surface area contributed by atoms with Crippen molar-refractivity contribution in [1.82, 2.24) is 15.1 Å². The molecule has 2 saturated heterocycles. The van der Waals surface area contributed by atoms with E-state index in [1.165, 1.54) is 25.8 Å². The minimum Gasteiger partial charge on any atom is -0.391 e. The molecule has 3 fully saturated rings. The van der Waals surface area contributed by atoms with Crippen LogP contribution in [-0.2, 0) is 0 Å². The predicted molar refractivity (Wildman–Crippen MR) is 77.5 cm³/mol. The molecule has 2 amide bonds. The summed E-state index contributed by atoms with van der Waals surface area (Å²) in [5.41, 5.74) is 0. The lowest BCUT2D eigenvalue weighted by atomic mass is 9.99. The number of hydrogen-bond acceptors (Lipinski definition) is 3. The first-order valence-electron chi connectivity index (χ1n) is 8.09. The van der Waals surface area contributed by atoms with Crippen LogP contribution in [0.1, 0.15) is 38.5 Å². The first-order chi connectivity index (χ1) is 9.65. The molecule has 0 aromatic heterocycles. The van der Waals surface area contributed by atoms with Gasteiger partial charge in [-0.3, -0.25) is 4.90 Å². The SMILES string of the molecule is CN(CC(O)C1CC1)C(=O)NC1CCN2CCCCC12. The molecule has 0 spiro atoms. The van der Waals surface area contributed by atoms with Gasteiger partial charge in [-0.1, -0.05) is 6.42 Å². The maximum absolute atomic E-state index is 12.2. The maximum atomic E-state index is 12.2. The molecule has 2 N–H and O–H groups in total. The number of likely N-dealkylation sites (N-methyl/N-ethyl adjacent to an activating group) is 1. The topological polar surface area (TPSA) is 55.8 Å². The first kappa shape index (κ1) is 14.1. The summed E-state index contributed by atoms with van der Waals surface area (Å²) >= 11 is 0. The number of aliphatic hydroxyl groups excluding tert-OH is 1. The Balaban J connectivity index is 1.47. The van der Waals surface area contributed by atoms with E-state index in [1.807, 2.05) is 0 Å². The van der Waals surface area contributed by atoms with Crippen LogP contribution >= 0.6 is 0 Å². The minimum absolute atomic E-state index is 0.0258. The van der Waals surface area contributed by atoms with Crippen molar-refractivity contribution in [2.24, 2.45) is 5.92 Å². The molecule has 0 bridgehead atoms. The highest BCUT2D eigenvalue weighted by Gasteiger charge is 2.37. The van der Waals surface area contributed by atoms with E-state index in [4.69, 9.17) is 0 Å². The monoisotopic (exact) mass is 281 g/mol. The molecule has 1 aliphatic carbocycles. The molecule has 5 nitrogen and oxygen atoms in total. The maximum Gasteiger partial charge on any atom is 0.317 e. The molecular weight excluding hydrogens is 254 g/mol. The smallest absolute Gasteiger partial charge is 0.317 e. The zero-order chi connectivity index (χ0) is 14.1. The molecule has 0 aromatic carbocycles. The van der Waals surface area contributed by atoms with Gasteiger partial charge in [0.1, 0.15) is 0 Å². The predicted octanol–water partition coefficient (Wildman–Crippen LogP) is 1.03. The molecule has 3 aliphatic rings. The van der Waals surface area contributed by atoms with Gasteiger partial charge in [0.2, 0.25) is 0 Å². The van der Waals surface area contributed by atoms with E-state index >= 15 is 0 Å². The number of carbonyl (C=O) groups is 1. The number of hydrogen-bond donors (Lipinski definition) is 2. The number of carbonyl (C=O) groups excluding carboxylic acids is 1. The van der Waals surface area contributed by atoms with Gasteiger partial charge in [-0.15, -0.1) is 0 Å².